The van der Waals surface area contributed by atoms with E-state index in [0.29, 0.717) is 11.3 Å². The standard InChI is InChI=1S/C14H13F3N2O/c15-14(16,17)10-4-1-2-6-12(10)19-8-9-11(18)5-3-7-13(9)20/h1-7,19-20H,8,18H2. The average Bonchev–Trinajstić information content (AvgIpc) is 2.37. The summed E-state index contributed by atoms with van der Waals surface area (Å²) in [5, 5.41) is 12.3. The van der Waals surface area contributed by atoms with Crippen LogP contribution in [0.3, 0.4) is 0 Å². The number of para-hydroxylation sites is 1. The molecule has 0 atom stereocenters. The number of alkyl halides is 3. The van der Waals surface area contributed by atoms with Crippen molar-refractivity contribution in [3.63, 3.8) is 0 Å². The molecule has 0 aromatic heterocycles. The van der Waals surface area contributed by atoms with Crippen molar-refractivity contribution < 1.29 is 18.3 Å². The highest BCUT2D eigenvalue weighted by Gasteiger charge is 2.33. The second kappa shape index (κ2) is 5.32. The van der Waals surface area contributed by atoms with Crippen LogP contribution < -0.4 is 11.1 Å². The molecule has 0 heterocycles. The molecule has 3 nitrogen and oxygen atoms in total. The first-order chi connectivity index (χ1) is 9.39. The molecule has 0 saturated heterocycles. The van der Waals surface area contributed by atoms with Crippen molar-refractivity contribution in [3.8, 4) is 5.75 Å². The van der Waals surface area contributed by atoms with Crippen LogP contribution in [-0.4, -0.2) is 5.11 Å². The fraction of sp³-hybridized carbons (Fsp3) is 0.143. The van der Waals surface area contributed by atoms with Crippen LogP contribution in [0.15, 0.2) is 42.5 Å². The second-order valence-corrected chi connectivity index (χ2v) is 4.24. The highest BCUT2D eigenvalue weighted by atomic mass is 19.4. The van der Waals surface area contributed by atoms with Crippen molar-refractivity contribution in [2.45, 2.75) is 12.7 Å². The van der Waals surface area contributed by atoms with E-state index in [0.717, 1.165) is 6.07 Å². The summed E-state index contributed by atoms with van der Waals surface area (Å²) in [6, 6.07) is 9.73. The highest BCUT2D eigenvalue weighted by molar-refractivity contribution is 5.58. The second-order valence-electron chi connectivity index (χ2n) is 4.24. The van der Waals surface area contributed by atoms with Gasteiger partial charge in [0, 0.05) is 23.5 Å². The highest BCUT2D eigenvalue weighted by Crippen LogP contribution is 2.35. The van der Waals surface area contributed by atoms with Crippen molar-refractivity contribution in [3.05, 3.63) is 53.6 Å². The fourth-order valence-corrected chi connectivity index (χ4v) is 1.85. The molecular weight excluding hydrogens is 269 g/mol. The number of nitrogens with one attached hydrogen (secondary N) is 1. The van der Waals surface area contributed by atoms with E-state index in [2.05, 4.69) is 5.32 Å². The Balaban J connectivity index is 2.24. The van der Waals surface area contributed by atoms with Gasteiger partial charge in [0.15, 0.2) is 0 Å². The van der Waals surface area contributed by atoms with E-state index < -0.39 is 11.7 Å². The van der Waals surface area contributed by atoms with Crippen LogP contribution in [0.2, 0.25) is 0 Å². The van der Waals surface area contributed by atoms with Gasteiger partial charge in [-0.05, 0) is 24.3 Å². The van der Waals surface area contributed by atoms with Gasteiger partial charge in [-0.15, -0.1) is 0 Å². The Morgan fingerprint density at radius 1 is 1.05 bits per heavy atom. The number of rotatable bonds is 3. The predicted molar refractivity (Wildman–Crippen MR) is 71.3 cm³/mol. The third kappa shape index (κ3) is 2.96. The molecule has 0 fully saturated rings. The summed E-state index contributed by atoms with van der Waals surface area (Å²) in [4.78, 5) is 0. The quantitative estimate of drug-likeness (QED) is 0.754. The number of phenolic OH excluding ortho intramolecular Hbond substituents is 1. The van der Waals surface area contributed by atoms with Gasteiger partial charge in [-0.2, -0.15) is 13.2 Å². The number of hydrogen-bond acceptors (Lipinski definition) is 3. The van der Waals surface area contributed by atoms with E-state index in [1.165, 1.54) is 24.3 Å². The van der Waals surface area contributed by atoms with Crippen LogP contribution in [0.25, 0.3) is 0 Å². The first-order valence-corrected chi connectivity index (χ1v) is 5.86. The molecule has 2 aromatic rings. The maximum absolute atomic E-state index is 12.8. The number of aromatic hydroxyl groups is 1. The van der Waals surface area contributed by atoms with Gasteiger partial charge in [0.1, 0.15) is 5.75 Å². The first kappa shape index (κ1) is 14.0. The summed E-state index contributed by atoms with van der Waals surface area (Å²) in [5.74, 6) is -0.0537. The fourth-order valence-electron chi connectivity index (χ4n) is 1.85. The Hall–Kier alpha value is -2.37. The Labute approximate surface area is 113 Å². The minimum Gasteiger partial charge on any atom is -0.508 e. The molecule has 0 saturated carbocycles. The van der Waals surface area contributed by atoms with Gasteiger partial charge in [0.25, 0.3) is 0 Å². The Bertz CT molecular complexity index is 591. The molecule has 0 aliphatic heterocycles. The van der Waals surface area contributed by atoms with E-state index in [4.69, 9.17) is 5.73 Å². The van der Waals surface area contributed by atoms with Gasteiger partial charge < -0.3 is 16.2 Å². The number of hydrogen-bond donors (Lipinski definition) is 3. The Kier molecular flexibility index (Phi) is 3.74. The molecule has 4 N–H and O–H groups in total. The van der Waals surface area contributed by atoms with Crippen LogP contribution >= 0.6 is 0 Å². The van der Waals surface area contributed by atoms with Gasteiger partial charge >= 0.3 is 6.18 Å². The van der Waals surface area contributed by atoms with Gasteiger partial charge in [0.2, 0.25) is 0 Å². The van der Waals surface area contributed by atoms with Crippen LogP contribution in [-0.2, 0) is 12.7 Å². The molecule has 0 unspecified atom stereocenters. The van der Waals surface area contributed by atoms with Crippen molar-refractivity contribution in [2.75, 3.05) is 11.1 Å². The monoisotopic (exact) mass is 282 g/mol. The summed E-state index contributed by atoms with van der Waals surface area (Å²) < 4.78 is 38.5. The molecule has 0 bridgehead atoms. The predicted octanol–water partition coefficient (Wildman–Crippen LogP) is 3.61. The third-order valence-corrected chi connectivity index (χ3v) is 2.88. The molecule has 6 heteroatoms. The zero-order valence-electron chi connectivity index (χ0n) is 10.4. The normalized spacial score (nSPS) is 11.3. The molecule has 0 radical (unpaired) electrons. The minimum atomic E-state index is -4.44. The van der Waals surface area contributed by atoms with Gasteiger partial charge in [-0.3, -0.25) is 0 Å². The van der Waals surface area contributed by atoms with Crippen LogP contribution in [0.5, 0.6) is 5.75 Å². The van der Waals surface area contributed by atoms with Crippen molar-refractivity contribution in [1.82, 2.24) is 0 Å². The summed E-state index contributed by atoms with van der Waals surface area (Å²) in [7, 11) is 0. The zero-order valence-corrected chi connectivity index (χ0v) is 10.4. The van der Waals surface area contributed by atoms with Crippen molar-refractivity contribution in [1.29, 1.82) is 0 Å². The first-order valence-electron chi connectivity index (χ1n) is 5.86. The average molecular weight is 282 g/mol. The maximum Gasteiger partial charge on any atom is 0.418 e. The number of halogens is 3. The molecule has 2 rings (SSSR count). The number of anilines is 2. The topological polar surface area (TPSA) is 58.3 Å². The molecule has 20 heavy (non-hydrogen) atoms. The van der Waals surface area contributed by atoms with Crippen LogP contribution in [0.4, 0.5) is 24.5 Å². The van der Waals surface area contributed by atoms with Gasteiger partial charge in [-0.1, -0.05) is 18.2 Å². The maximum atomic E-state index is 12.8. The summed E-state index contributed by atoms with van der Waals surface area (Å²) in [5.41, 5.74) is 5.57. The third-order valence-electron chi connectivity index (χ3n) is 2.88. The largest absolute Gasteiger partial charge is 0.508 e. The van der Waals surface area contributed by atoms with E-state index in [1.807, 2.05) is 0 Å². The Morgan fingerprint density at radius 3 is 2.40 bits per heavy atom. The van der Waals surface area contributed by atoms with E-state index in [-0.39, 0.29) is 18.0 Å². The van der Waals surface area contributed by atoms with Crippen molar-refractivity contribution in [2.24, 2.45) is 0 Å². The molecular formula is C14H13F3N2O. The lowest BCUT2D eigenvalue weighted by molar-refractivity contribution is -0.136. The molecule has 0 aliphatic carbocycles. The van der Waals surface area contributed by atoms with E-state index in [9.17, 15) is 18.3 Å². The molecule has 0 spiro atoms. The zero-order chi connectivity index (χ0) is 14.8. The molecule has 2 aromatic carbocycles. The molecule has 106 valence electrons. The van der Waals surface area contributed by atoms with Crippen LogP contribution in [0, 0.1) is 0 Å². The van der Waals surface area contributed by atoms with Gasteiger partial charge in [-0.25, -0.2) is 0 Å². The lowest BCUT2D eigenvalue weighted by Crippen LogP contribution is -2.11. The minimum absolute atomic E-state index is 0.00556. The Morgan fingerprint density at radius 2 is 1.75 bits per heavy atom. The molecule has 0 aliphatic rings. The number of nitrogens with two attached hydrogens (primary N) is 1. The number of phenols is 1. The summed E-state index contributed by atoms with van der Waals surface area (Å²) >= 11 is 0. The molecule has 0 amide bonds. The van der Waals surface area contributed by atoms with E-state index in [1.54, 1.807) is 12.1 Å². The number of benzene rings is 2. The van der Waals surface area contributed by atoms with Crippen LogP contribution in [0.1, 0.15) is 11.1 Å². The SMILES string of the molecule is Nc1cccc(O)c1CNc1ccccc1C(F)(F)F. The smallest absolute Gasteiger partial charge is 0.418 e. The van der Waals surface area contributed by atoms with Crippen molar-refractivity contribution >= 4 is 11.4 Å². The lowest BCUT2D eigenvalue weighted by Gasteiger charge is -2.15. The van der Waals surface area contributed by atoms with E-state index >= 15 is 0 Å². The van der Waals surface area contributed by atoms with Gasteiger partial charge in [0.05, 0.1) is 5.56 Å². The summed E-state index contributed by atoms with van der Waals surface area (Å²) in [6.07, 6.45) is -4.44. The number of nitrogen functional groups attached to an aromatic ring is 1. The lowest BCUT2D eigenvalue weighted by atomic mass is 10.1. The summed E-state index contributed by atoms with van der Waals surface area (Å²) in [6.45, 7) is 0.00556.